The number of nitrogens with one attached hydrogen (secondary N) is 1. The summed E-state index contributed by atoms with van der Waals surface area (Å²) in [6.07, 6.45) is -1.05. The van der Waals surface area contributed by atoms with Gasteiger partial charge < -0.3 is 14.8 Å². The van der Waals surface area contributed by atoms with E-state index in [0.717, 1.165) is 11.1 Å². The van der Waals surface area contributed by atoms with Crippen molar-refractivity contribution in [3.63, 3.8) is 0 Å². The Hall–Kier alpha value is -3.66. The number of esters is 2. The van der Waals surface area contributed by atoms with Crippen molar-refractivity contribution in [3.05, 3.63) is 54.1 Å². The summed E-state index contributed by atoms with van der Waals surface area (Å²) in [5, 5.41) is 12.0. The van der Waals surface area contributed by atoms with Gasteiger partial charge in [-0.05, 0) is 55.2 Å². The Morgan fingerprint density at radius 3 is 1.94 bits per heavy atom. The number of hydrogen-bond acceptors (Lipinski definition) is 6. The van der Waals surface area contributed by atoms with Crippen LogP contribution in [-0.2, 0) is 14.3 Å². The van der Waals surface area contributed by atoms with Gasteiger partial charge in [0.25, 0.3) is 5.91 Å². The number of benzene rings is 2. The number of rotatable bonds is 7. The zero-order valence-electron chi connectivity index (χ0n) is 18.3. The van der Waals surface area contributed by atoms with Gasteiger partial charge in [-0.1, -0.05) is 38.1 Å². The van der Waals surface area contributed by atoms with Gasteiger partial charge in [-0.25, -0.2) is 4.79 Å². The minimum Gasteiger partial charge on any atom is -0.449 e. The number of hydrogen-bond donors (Lipinski definition) is 1. The van der Waals surface area contributed by atoms with Crippen molar-refractivity contribution in [2.75, 3.05) is 0 Å². The van der Waals surface area contributed by atoms with Gasteiger partial charge in [0.15, 0.2) is 6.10 Å². The van der Waals surface area contributed by atoms with Crippen LogP contribution in [0.25, 0.3) is 11.1 Å². The summed E-state index contributed by atoms with van der Waals surface area (Å²) in [5.74, 6) is -1.22. The Bertz CT molecular complexity index is 990. The van der Waals surface area contributed by atoms with Crippen molar-refractivity contribution in [3.8, 4) is 22.9 Å². The Kier molecular flexibility index (Phi) is 7.54. The molecule has 0 saturated carbocycles. The van der Waals surface area contributed by atoms with Gasteiger partial charge in [-0.3, -0.25) is 9.59 Å². The summed E-state index contributed by atoms with van der Waals surface area (Å²) < 4.78 is 10.3. The average Bonchev–Trinajstić information content (AvgIpc) is 2.73. The van der Waals surface area contributed by atoms with Gasteiger partial charge in [0.1, 0.15) is 11.3 Å². The third-order valence-corrected chi connectivity index (χ3v) is 4.99. The van der Waals surface area contributed by atoms with Crippen molar-refractivity contribution in [2.24, 2.45) is 5.92 Å². The topological polar surface area (TPSA) is 105 Å². The number of ether oxygens (including phenoxy) is 2. The number of amides is 1. The molecule has 162 valence electrons. The summed E-state index contributed by atoms with van der Waals surface area (Å²) in [4.78, 5) is 35.8. The summed E-state index contributed by atoms with van der Waals surface area (Å²) in [6, 6.07) is 15.8. The maximum atomic E-state index is 12.4. The van der Waals surface area contributed by atoms with E-state index in [0.29, 0.717) is 11.3 Å². The molecule has 0 bridgehead atoms. The number of carbonyl (C=O) groups excluding carboxylic acids is 3. The molecule has 0 saturated heterocycles. The minimum atomic E-state index is -1.05. The summed E-state index contributed by atoms with van der Waals surface area (Å²) in [6.45, 7) is 8.08. The maximum absolute atomic E-state index is 12.4. The highest BCUT2D eigenvalue weighted by molar-refractivity contribution is 5.93. The van der Waals surface area contributed by atoms with E-state index in [4.69, 9.17) is 9.47 Å². The summed E-state index contributed by atoms with van der Waals surface area (Å²) in [7, 11) is 0. The van der Waals surface area contributed by atoms with Crippen LogP contribution >= 0.6 is 0 Å². The SMILES string of the molecule is CC(=O)Oc1ccc(-c2ccc(C(=O)O[C@H](C)C(=O)N[C@](C)(C#N)C(C)C)cc2)cc1. The molecule has 2 aromatic carbocycles. The molecule has 7 heteroatoms. The van der Waals surface area contributed by atoms with Crippen molar-refractivity contribution >= 4 is 17.8 Å². The summed E-state index contributed by atoms with van der Waals surface area (Å²) in [5.41, 5.74) is 0.989. The van der Waals surface area contributed by atoms with Crippen molar-refractivity contribution in [2.45, 2.75) is 46.3 Å². The van der Waals surface area contributed by atoms with Crippen molar-refractivity contribution < 1.29 is 23.9 Å². The van der Waals surface area contributed by atoms with Crippen LogP contribution in [0.5, 0.6) is 5.75 Å². The first-order chi connectivity index (χ1) is 14.6. The quantitative estimate of drug-likeness (QED) is 0.536. The molecule has 0 aromatic heterocycles. The molecule has 2 rings (SSSR count). The molecular formula is C24H26N2O5. The highest BCUT2D eigenvalue weighted by Crippen LogP contribution is 2.23. The molecule has 2 aromatic rings. The lowest BCUT2D eigenvalue weighted by Crippen LogP contribution is -2.52. The Balaban J connectivity index is 2.02. The molecule has 0 spiro atoms. The Labute approximate surface area is 182 Å². The molecule has 7 nitrogen and oxygen atoms in total. The van der Waals surface area contributed by atoms with E-state index in [1.54, 1.807) is 55.5 Å². The largest absolute Gasteiger partial charge is 0.449 e. The van der Waals surface area contributed by atoms with Crippen molar-refractivity contribution in [1.82, 2.24) is 5.32 Å². The van der Waals surface area contributed by atoms with Crippen LogP contribution < -0.4 is 10.1 Å². The molecule has 31 heavy (non-hydrogen) atoms. The standard InChI is InChI=1S/C24H26N2O5/c1-15(2)24(5,14-25)26-22(28)16(3)30-23(29)20-8-6-18(7-9-20)19-10-12-21(13-11-19)31-17(4)27/h6-13,15-16H,1-5H3,(H,26,28)/t16-,24-/m1/s1. The van der Waals surface area contributed by atoms with Crippen LogP contribution in [-0.4, -0.2) is 29.5 Å². The predicted molar refractivity (Wildman–Crippen MR) is 115 cm³/mol. The lowest BCUT2D eigenvalue weighted by molar-refractivity contribution is -0.132. The third-order valence-electron chi connectivity index (χ3n) is 4.99. The lowest BCUT2D eigenvalue weighted by Gasteiger charge is -2.28. The molecule has 1 N–H and O–H groups in total. The van der Waals surface area contributed by atoms with E-state index >= 15 is 0 Å². The highest BCUT2D eigenvalue weighted by Gasteiger charge is 2.32. The first-order valence-electron chi connectivity index (χ1n) is 9.89. The predicted octanol–water partition coefficient (Wildman–Crippen LogP) is 3.88. The second-order valence-corrected chi connectivity index (χ2v) is 7.70. The van der Waals surface area contributed by atoms with Gasteiger partial charge in [-0.2, -0.15) is 5.26 Å². The van der Waals surface area contributed by atoms with Gasteiger partial charge in [-0.15, -0.1) is 0 Å². The van der Waals surface area contributed by atoms with Gasteiger partial charge in [0.2, 0.25) is 0 Å². The molecular weight excluding hydrogens is 396 g/mol. The molecule has 0 radical (unpaired) electrons. The Morgan fingerprint density at radius 2 is 1.48 bits per heavy atom. The van der Waals surface area contributed by atoms with Crippen LogP contribution in [0.15, 0.2) is 48.5 Å². The van der Waals surface area contributed by atoms with Crippen LogP contribution in [0.4, 0.5) is 0 Å². The molecule has 0 fully saturated rings. The zero-order chi connectivity index (χ0) is 23.2. The van der Waals surface area contributed by atoms with E-state index in [1.165, 1.54) is 13.8 Å². The highest BCUT2D eigenvalue weighted by atomic mass is 16.5. The molecule has 1 amide bonds. The smallest absolute Gasteiger partial charge is 0.338 e. The first kappa shape index (κ1) is 23.6. The van der Waals surface area contributed by atoms with E-state index in [9.17, 15) is 19.6 Å². The van der Waals surface area contributed by atoms with E-state index in [2.05, 4.69) is 11.4 Å². The maximum Gasteiger partial charge on any atom is 0.338 e. The zero-order valence-corrected chi connectivity index (χ0v) is 18.3. The van der Waals surface area contributed by atoms with Crippen LogP contribution in [0.3, 0.4) is 0 Å². The van der Waals surface area contributed by atoms with E-state index in [1.807, 2.05) is 13.8 Å². The monoisotopic (exact) mass is 422 g/mol. The normalized spacial score (nSPS) is 13.5. The first-order valence-corrected chi connectivity index (χ1v) is 9.89. The third kappa shape index (κ3) is 6.16. The van der Waals surface area contributed by atoms with Crippen molar-refractivity contribution in [1.29, 1.82) is 5.26 Å². The fraction of sp³-hybridized carbons (Fsp3) is 0.333. The van der Waals surface area contributed by atoms with E-state index < -0.39 is 23.5 Å². The lowest BCUT2D eigenvalue weighted by atomic mass is 9.90. The molecule has 0 aliphatic carbocycles. The van der Waals surface area contributed by atoms with E-state index in [-0.39, 0.29) is 11.9 Å². The fourth-order valence-electron chi connectivity index (χ4n) is 2.62. The summed E-state index contributed by atoms with van der Waals surface area (Å²) >= 11 is 0. The van der Waals surface area contributed by atoms with Gasteiger partial charge in [0, 0.05) is 6.92 Å². The minimum absolute atomic E-state index is 0.111. The molecule has 0 unspecified atom stereocenters. The molecule has 2 atom stereocenters. The molecule has 0 aliphatic heterocycles. The fourth-order valence-corrected chi connectivity index (χ4v) is 2.62. The number of carbonyl (C=O) groups is 3. The number of nitrogens with zero attached hydrogens (tertiary/aromatic N) is 1. The van der Waals surface area contributed by atoms with Gasteiger partial charge >= 0.3 is 11.9 Å². The second kappa shape index (κ2) is 9.90. The number of nitriles is 1. The van der Waals surface area contributed by atoms with Crippen LogP contribution in [0.1, 0.15) is 45.0 Å². The van der Waals surface area contributed by atoms with Crippen LogP contribution in [0, 0.1) is 17.2 Å². The molecule has 0 aliphatic rings. The Morgan fingerprint density at radius 1 is 0.968 bits per heavy atom. The van der Waals surface area contributed by atoms with Gasteiger partial charge in [0.05, 0.1) is 11.6 Å². The second-order valence-electron chi connectivity index (χ2n) is 7.70. The van der Waals surface area contributed by atoms with Crippen LogP contribution in [0.2, 0.25) is 0 Å². The molecule has 0 heterocycles. The average molecular weight is 422 g/mol.